The second-order valence-corrected chi connectivity index (χ2v) is 6.50. The van der Waals surface area contributed by atoms with Gasteiger partial charge in [0.1, 0.15) is 12.4 Å². The number of nitrogens with zero attached hydrogens (tertiary/aromatic N) is 1. The van der Waals surface area contributed by atoms with Crippen molar-refractivity contribution < 1.29 is 9.53 Å². The van der Waals surface area contributed by atoms with E-state index in [4.69, 9.17) is 4.74 Å². The molecule has 0 saturated carbocycles. The van der Waals surface area contributed by atoms with Crippen molar-refractivity contribution in [3.63, 3.8) is 0 Å². The van der Waals surface area contributed by atoms with Crippen LogP contribution in [0.25, 0.3) is 10.9 Å². The Hall–Kier alpha value is -3.80. The smallest absolute Gasteiger partial charge is 0.324 e. The first kappa shape index (κ1) is 17.6. The molecule has 6 heteroatoms. The van der Waals surface area contributed by atoms with E-state index in [-0.39, 0.29) is 6.03 Å². The number of hydrogen-bond acceptors (Lipinski definition) is 3. The van der Waals surface area contributed by atoms with Gasteiger partial charge in [-0.15, -0.1) is 0 Å². The fourth-order valence-electron chi connectivity index (χ4n) is 2.94. The fourth-order valence-corrected chi connectivity index (χ4v) is 2.94. The summed E-state index contributed by atoms with van der Waals surface area (Å²) in [5.74, 6) is 1.20. The summed E-state index contributed by atoms with van der Waals surface area (Å²) in [4.78, 5) is 12.2. The van der Waals surface area contributed by atoms with Gasteiger partial charge in [0.25, 0.3) is 0 Å². The zero-order valence-electron chi connectivity index (χ0n) is 15.4. The number of hydrogen-bond donors (Lipinski definition) is 3. The summed E-state index contributed by atoms with van der Waals surface area (Å²) < 4.78 is 5.88. The topological polar surface area (TPSA) is 79.0 Å². The average Bonchev–Trinajstić information content (AvgIpc) is 3.09. The summed E-state index contributed by atoms with van der Waals surface area (Å²) in [6, 6.07) is 22.7. The van der Waals surface area contributed by atoms with Crippen LogP contribution in [-0.4, -0.2) is 16.2 Å². The molecule has 0 aliphatic heterocycles. The predicted molar refractivity (Wildman–Crippen MR) is 111 cm³/mol. The van der Waals surface area contributed by atoms with Gasteiger partial charge in [-0.05, 0) is 36.8 Å². The van der Waals surface area contributed by atoms with E-state index in [1.54, 1.807) is 0 Å². The number of carbonyl (C=O) groups is 1. The number of H-pyrrole nitrogens is 1. The van der Waals surface area contributed by atoms with Gasteiger partial charge in [0.2, 0.25) is 0 Å². The summed E-state index contributed by atoms with van der Waals surface area (Å²) in [6.45, 7) is 2.55. The van der Waals surface area contributed by atoms with E-state index in [1.165, 1.54) is 5.56 Å². The SMILES string of the molecule is Cc1cccc(COc2ccc3c(NC(=O)Nc4ccccc4)n[nH]c3c2)c1. The number of rotatable bonds is 5. The molecule has 0 bridgehead atoms. The molecule has 1 aromatic heterocycles. The Balaban J connectivity index is 1.43. The summed E-state index contributed by atoms with van der Waals surface area (Å²) >= 11 is 0. The third-order valence-corrected chi connectivity index (χ3v) is 4.29. The van der Waals surface area contributed by atoms with Crippen molar-refractivity contribution in [3.05, 3.63) is 83.9 Å². The first-order chi connectivity index (χ1) is 13.7. The number of carbonyl (C=O) groups excluding carboxylic acids is 1. The molecule has 0 saturated heterocycles. The van der Waals surface area contributed by atoms with Crippen molar-refractivity contribution in [2.75, 3.05) is 10.6 Å². The minimum Gasteiger partial charge on any atom is -0.489 e. The van der Waals surface area contributed by atoms with Gasteiger partial charge in [0.05, 0.1) is 5.52 Å². The molecule has 0 aliphatic rings. The molecule has 2 amide bonds. The second kappa shape index (κ2) is 7.84. The maximum Gasteiger partial charge on any atom is 0.324 e. The Bertz CT molecular complexity index is 1110. The lowest BCUT2D eigenvalue weighted by atomic mass is 10.1. The third-order valence-electron chi connectivity index (χ3n) is 4.29. The van der Waals surface area contributed by atoms with Gasteiger partial charge in [0, 0.05) is 17.1 Å². The maximum atomic E-state index is 12.2. The van der Waals surface area contributed by atoms with Crippen molar-refractivity contribution in [2.45, 2.75) is 13.5 Å². The van der Waals surface area contributed by atoms with Crippen LogP contribution in [0.3, 0.4) is 0 Å². The molecular formula is C22H20N4O2. The number of anilines is 2. The maximum absolute atomic E-state index is 12.2. The van der Waals surface area contributed by atoms with Crippen LogP contribution in [-0.2, 0) is 6.61 Å². The molecule has 0 spiro atoms. The van der Waals surface area contributed by atoms with Crippen LogP contribution in [0.5, 0.6) is 5.75 Å². The predicted octanol–water partition coefficient (Wildman–Crippen LogP) is 5.09. The van der Waals surface area contributed by atoms with E-state index < -0.39 is 0 Å². The molecule has 3 aromatic carbocycles. The van der Waals surface area contributed by atoms with Gasteiger partial charge in [-0.3, -0.25) is 10.4 Å². The Morgan fingerprint density at radius 2 is 1.86 bits per heavy atom. The number of aryl methyl sites for hydroxylation is 1. The van der Waals surface area contributed by atoms with Gasteiger partial charge in [-0.2, -0.15) is 5.10 Å². The fraction of sp³-hybridized carbons (Fsp3) is 0.0909. The van der Waals surface area contributed by atoms with Crippen molar-refractivity contribution >= 4 is 28.4 Å². The quantitative estimate of drug-likeness (QED) is 0.456. The van der Waals surface area contributed by atoms with Crippen LogP contribution in [0.1, 0.15) is 11.1 Å². The summed E-state index contributed by atoms with van der Waals surface area (Å²) in [5.41, 5.74) is 3.82. The number of para-hydroxylation sites is 1. The number of fused-ring (bicyclic) bond motifs is 1. The molecule has 4 rings (SSSR count). The molecule has 0 unspecified atom stereocenters. The first-order valence-corrected chi connectivity index (χ1v) is 8.97. The van der Waals surface area contributed by atoms with Crippen molar-refractivity contribution in [2.24, 2.45) is 0 Å². The Morgan fingerprint density at radius 3 is 2.68 bits per heavy atom. The number of amides is 2. The Labute approximate surface area is 162 Å². The lowest BCUT2D eigenvalue weighted by molar-refractivity contribution is 0.262. The number of nitrogens with one attached hydrogen (secondary N) is 3. The summed E-state index contributed by atoms with van der Waals surface area (Å²) in [7, 11) is 0. The molecule has 0 aliphatic carbocycles. The van der Waals surface area contributed by atoms with E-state index in [9.17, 15) is 4.79 Å². The highest BCUT2D eigenvalue weighted by Crippen LogP contribution is 2.25. The highest BCUT2D eigenvalue weighted by molar-refractivity contribution is 6.04. The van der Waals surface area contributed by atoms with Gasteiger partial charge in [0.15, 0.2) is 5.82 Å². The van der Waals surface area contributed by atoms with Gasteiger partial charge in [-0.1, -0.05) is 48.0 Å². The van der Waals surface area contributed by atoms with Gasteiger partial charge < -0.3 is 10.1 Å². The standard InChI is InChI=1S/C22H20N4O2/c1-15-6-5-7-16(12-15)14-28-18-10-11-19-20(13-18)25-26-21(19)24-22(27)23-17-8-3-2-4-9-17/h2-13H,14H2,1H3,(H3,23,24,25,26,27). The average molecular weight is 372 g/mol. The van der Waals surface area contributed by atoms with E-state index >= 15 is 0 Å². The molecule has 6 nitrogen and oxygen atoms in total. The van der Waals surface area contributed by atoms with Crippen LogP contribution < -0.4 is 15.4 Å². The highest BCUT2D eigenvalue weighted by atomic mass is 16.5. The van der Waals surface area contributed by atoms with Gasteiger partial charge in [-0.25, -0.2) is 4.79 Å². The molecule has 0 fully saturated rings. The van der Waals surface area contributed by atoms with E-state index in [2.05, 4.69) is 39.9 Å². The van der Waals surface area contributed by atoms with E-state index in [0.717, 1.165) is 22.2 Å². The molecular weight excluding hydrogens is 352 g/mol. The minimum atomic E-state index is -0.348. The normalized spacial score (nSPS) is 10.6. The first-order valence-electron chi connectivity index (χ1n) is 8.97. The third kappa shape index (κ3) is 4.12. The van der Waals surface area contributed by atoms with Crippen molar-refractivity contribution in [3.8, 4) is 5.75 Å². The largest absolute Gasteiger partial charge is 0.489 e. The number of urea groups is 1. The summed E-state index contributed by atoms with van der Waals surface area (Å²) in [5, 5.41) is 13.5. The second-order valence-electron chi connectivity index (χ2n) is 6.50. The zero-order valence-corrected chi connectivity index (χ0v) is 15.4. The monoisotopic (exact) mass is 372 g/mol. The molecule has 28 heavy (non-hydrogen) atoms. The van der Waals surface area contributed by atoms with Gasteiger partial charge >= 0.3 is 6.03 Å². The lowest BCUT2D eigenvalue weighted by Crippen LogP contribution is -2.19. The molecule has 1 heterocycles. The molecule has 3 N–H and O–H groups in total. The zero-order chi connectivity index (χ0) is 19.3. The van der Waals surface area contributed by atoms with Crippen molar-refractivity contribution in [1.29, 1.82) is 0 Å². The van der Waals surface area contributed by atoms with Crippen LogP contribution >= 0.6 is 0 Å². The Morgan fingerprint density at radius 1 is 1.00 bits per heavy atom. The highest BCUT2D eigenvalue weighted by Gasteiger charge is 2.10. The molecule has 140 valence electrons. The minimum absolute atomic E-state index is 0.348. The molecule has 0 atom stereocenters. The Kier molecular flexibility index (Phi) is 4.93. The molecule has 4 aromatic rings. The van der Waals surface area contributed by atoms with Crippen molar-refractivity contribution in [1.82, 2.24) is 10.2 Å². The number of aromatic nitrogens is 2. The summed E-state index contributed by atoms with van der Waals surface area (Å²) in [6.07, 6.45) is 0. The molecule has 0 radical (unpaired) electrons. The van der Waals surface area contributed by atoms with Crippen LogP contribution in [0.4, 0.5) is 16.3 Å². The van der Waals surface area contributed by atoms with Crippen LogP contribution in [0.15, 0.2) is 72.8 Å². The van der Waals surface area contributed by atoms with Crippen LogP contribution in [0, 0.1) is 6.92 Å². The lowest BCUT2D eigenvalue weighted by Gasteiger charge is -2.07. The number of ether oxygens (including phenoxy) is 1. The van der Waals surface area contributed by atoms with E-state index in [0.29, 0.717) is 18.1 Å². The number of aromatic amines is 1. The number of benzene rings is 3. The van der Waals surface area contributed by atoms with E-state index in [1.807, 2.05) is 60.7 Å². The van der Waals surface area contributed by atoms with Crippen LogP contribution in [0.2, 0.25) is 0 Å².